The van der Waals surface area contributed by atoms with Crippen molar-refractivity contribution in [3.63, 3.8) is 0 Å². The largest absolute Gasteiger partial charge is 0.443 e. The number of carbonyl (C=O) groups excluding carboxylic acids is 1. The summed E-state index contributed by atoms with van der Waals surface area (Å²) in [5, 5.41) is 9.52. The Kier molecular flexibility index (Phi) is 5.78. The summed E-state index contributed by atoms with van der Waals surface area (Å²) in [6.07, 6.45) is 0.391. The Morgan fingerprint density at radius 2 is 2.00 bits per heavy atom. The predicted octanol–water partition coefficient (Wildman–Crippen LogP) is 3.68. The van der Waals surface area contributed by atoms with E-state index in [1.54, 1.807) is 4.90 Å². The Hall–Kier alpha value is -1.55. The fourth-order valence-corrected chi connectivity index (χ4v) is 2.23. The highest BCUT2D eigenvalue weighted by molar-refractivity contribution is 5.90. The Morgan fingerprint density at radius 3 is 2.48 bits per heavy atom. The van der Waals surface area contributed by atoms with Crippen LogP contribution in [0.2, 0.25) is 0 Å². The molecule has 0 aliphatic heterocycles. The summed E-state index contributed by atoms with van der Waals surface area (Å²) >= 11 is 0. The average Bonchev–Trinajstić information content (AvgIpc) is 2.38. The first kappa shape index (κ1) is 17.5. The summed E-state index contributed by atoms with van der Waals surface area (Å²) in [4.78, 5) is 14.1. The van der Waals surface area contributed by atoms with Crippen LogP contribution in [0.1, 0.15) is 45.7 Å². The Balaban J connectivity index is 3.30. The maximum Gasteiger partial charge on any atom is 0.415 e. The molecule has 0 heterocycles. The number of aliphatic hydroxyl groups excluding tert-OH is 1. The third-order valence-electron chi connectivity index (χ3n) is 3.24. The lowest BCUT2D eigenvalue weighted by Crippen LogP contribution is -2.44. The number of rotatable bonds is 4. The van der Waals surface area contributed by atoms with Crippen LogP contribution < -0.4 is 4.90 Å². The number of amides is 1. The van der Waals surface area contributed by atoms with Gasteiger partial charge in [-0.2, -0.15) is 0 Å². The Bertz CT molecular complexity index is 491. The Labute approximate surface area is 127 Å². The molecule has 1 amide bonds. The average molecular weight is 293 g/mol. The molecule has 1 atom stereocenters. The molecule has 0 spiro atoms. The van der Waals surface area contributed by atoms with Crippen LogP contribution in [0.4, 0.5) is 10.5 Å². The summed E-state index contributed by atoms with van der Waals surface area (Å²) in [6.45, 7) is 11.2. The fraction of sp³-hybridized carbons (Fsp3) is 0.588. The van der Waals surface area contributed by atoms with E-state index in [0.29, 0.717) is 0 Å². The lowest BCUT2D eigenvalue weighted by atomic mass is 10.0. The van der Waals surface area contributed by atoms with Gasteiger partial charge in [-0.1, -0.05) is 25.1 Å². The molecular weight excluding hydrogens is 266 g/mol. The van der Waals surface area contributed by atoms with Crippen molar-refractivity contribution in [1.82, 2.24) is 0 Å². The lowest BCUT2D eigenvalue weighted by molar-refractivity contribution is 0.0554. The van der Waals surface area contributed by atoms with E-state index < -0.39 is 11.7 Å². The van der Waals surface area contributed by atoms with Gasteiger partial charge in [0.15, 0.2) is 0 Å². The molecule has 1 aromatic carbocycles. The van der Waals surface area contributed by atoms with Gasteiger partial charge in [0.05, 0.1) is 18.3 Å². The van der Waals surface area contributed by atoms with Crippen LogP contribution in [0.5, 0.6) is 0 Å². The summed E-state index contributed by atoms with van der Waals surface area (Å²) in [7, 11) is 0. The topological polar surface area (TPSA) is 49.8 Å². The van der Waals surface area contributed by atoms with Crippen LogP contribution in [-0.4, -0.2) is 29.4 Å². The molecule has 0 fully saturated rings. The molecule has 1 aromatic rings. The van der Waals surface area contributed by atoms with E-state index in [0.717, 1.165) is 23.2 Å². The number of aliphatic hydroxyl groups is 1. The first-order valence-corrected chi connectivity index (χ1v) is 7.42. The molecule has 1 unspecified atom stereocenters. The van der Waals surface area contributed by atoms with Crippen molar-refractivity contribution in [2.45, 2.75) is 59.6 Å². The lowest BCUT2D eigenvalue weighted by Gasteiger charge is -2.33. The van der Waals surface area contributed by atoms with Gasteiger partial charge in [0, 0.05) is 0 Å². The van der Waals surface area contributed by atoms with Crippen LogP contribution in [0.25, 0.3) is 0 Å². The van der Waals surface area contributed by atoms with E-state index in [-0.39, 0.29) is 12.6 Å². The van der Waals surface area contributed by atoms with Gasteiger partial charge in [-0.25, -0.2) is 4.79 Å². The molecule has 1 rings (SSSR count). The fourth-order valence-electron chi connectivity index (χ4n) is 2.23. The van der Waals surface area contributed by atoms with Crippen LogP contribution in [0, 0.1) is 6.92 Å². The van der Waals surface area contributed by atoms with Crippen molar-refractivity contribution in [2.75, 3.05) is 11.5 Å². The molecule has 0 saturated heterocycles. The van der Waals surface area contributed by atoms with Crippen molar-refractivity contribution in [3.05, 3.63) is 29.3 Å². The second kappa shape index (κ2) is 6.94. The van der Waals surface area contributed by atoms with Gasteiger partial charge in [0.2, 0.25) is 0 Å². The SMILES string of the molecule is CCc1cccc(C)c1N(C(=O)OC(C)(C)C)C(C)CO. The maximum atomic E-state index is 12.6. The van der Waals surface area contributed by atoms with Crippen molar-refractivity contribution in [3.8, 4) is 0 Å². The quantitative estimate of drug-likeness (QED) is 0.921. The monoisotopic (exact) mass is 293 g/mol. The number of aryl methyl sites for hydroxylation is 2. The third kappa shape index (κ3) is 4.46. The number of anilines is 1. The number of para-hydroxylation sites is 1. The van der Waals surface area contributed by atoms with Crippen molar-refractivity contribution in [1.29, 1.82) is 0 Å². The molecule has 1 N–H and O–H groups in total. The zero-order valence-electron chi connectivity index (χ0n) is 13.9. The highest BCUT2D eigenvalue weighted by atomic mass is 16.6. The van der Waals surface area contributed by atoms with Gasteiger partial charge in [0.25, 0.3) is 0 Å². The van der Waals surface area contributed by atoms with Crippen LogP contribution in [-0.2, 0) is 11.2 Å². The second-order valence-corrected chi connectivity index (χ2v) is 6.32. The minimum Gasteiger partial charge on any atom is -0.443 e. The molecule has 0 aromatic heterocycles. The number of benzene rings is 1. The van der Waals surface area contributed by atoms with Gasteiger partial charge in [0.1, 0.15) is 5.60 Å². The van der Waals surface area contributed by atoms with E-state index in [4.69, 9.17) is 4.74 Å². The van der Waals surface area contributed by atoms with E-state index in [9.17, 15) is 9.90 Å². The van der Waals surface area contributed by atoms with Crippen LogP contribution in [0.3, 0.4) is 0 Å². The normalized spacial score (nSPS) is 12.9. The van der Waals surface area contributed by atoms with Crippen molar-refractivity contribution in [2.24, 2.45) is 0 Å². The maximum absolute atomic E-state index is 12.6. The van der Waals surface area contributed by atoms with Gasteiger partial charge in [-0.3, -0.25) is 4.90 Å². The number of nitrogens with zero attached hydrogens (tertiary/aromatic N) is 1. The molecule has 0 aliphatic rings. The summed E-state index contributed by atoms with van der Waals surface area (Å²) < 4.78 is 5.51. The third-order valence-corrected chi connectivity index (χ3v) is 3.24. The zero-order valence-corrected chi connectivity index (χ0v) is 13.9. The molecule has 0 saturated carbocycles. The van der Waals surface area contributed by atoms with E-state index >= 15 is 0 Å². The smallest absolute Gasteiger partial charge is 0.415 e. The van der Waals surface area contributed by atoms with E-state index in [1.165, 1.54) is 0 Å². The summed E-state index contributed by atoms with van der Waals surface area (Å²) in [5.41, 5.74) is 2.34. The first-order chi connectivity index (χ1) is 9.71. The van der Waals surface area contributed by atoms with Gasteiger partial charge in [-0.15, -0.1) is 0 Å². The predicted molar refractivity (Wildman–Crippen MR) is 85.8 cm³/mol. The van der Waals surface area contributed by atoms with Gasteiger partial charge >= 0.3 is 6.09 Å². The van der Waals surface area contributed by atoms with Crippen LogP contribution >= 0.6 is 0 Å². The summed E-state index contributed by atoms with van der Waals surface area (Å²) in [5.74, 6) is 0. The van der Waals surface area contributed by atoms with Gasteiger partial charge < -0.3 is 9.84 Å². The number of ether oxygens (including phenoxy) is 1. The highest BCUT2D eigenvalue weighted by Crippen LogP contribution is 2.29. The standard InChI is InChI=1S/C17H27NO3/c1-7-14-10-8-9-12(2)15(14)18(13(3)11-19)16(20)21-17(4,5)6/h8-10,13,19H,7,11H2,1-6H3. The summed E-state index contributed by atoms with van der Waals surface area (Å²) in [6, 6.07) is 5.61. The number of hydrogen-bond donors (Lipinski definition) is 1. The van der Waals surface area contributed by atoms with Crippen molar-refractivity contribution >= 4 is 11.8 Å². The molecule has 0 aliphatic carbocycles. The molecule has 0 bridgehead atoms. The molecular formula is C17H27NO3. The van der Waals surface area contributed by atoms with Gasteiger partial charge in [-0.05, 0) is 52.2 Å². The minimum atomic E-state index is -0.570. The molecule has 118 valence electrons. The Morgan fingerprint density at radius 1 is 1.38 bits per heavy atom. The van der Waals surface area contributed by atoms with Crippen molar-refractivity contribution < 1.29 is 14.6 Å². The van der Waals surface area contributed by atoms with E-state index in [1.807, 2.05) is 52.8 Å². The minimum absolute atomic E-state index is 0.114. The zero-order chi connectivity index (χ0) is 16.2. The molecule has 21 heavy (non-hydrogen) atoms. The highest BCUT2D eigenvalue weighted by Gasteiger charge is 2.29. The van der Waals surface area contributed by atoms with Crippen LogP contribution in [0.15, 0.2) is 18.2 Å². The second-order valence-electron chi connectivity index (χ2n) is 6.32. The molecule has 4 heteroatoms. The number of hydrogen-bond acceptors (Lipinski definition) is 3. The molecule has 4 nitrogen and oxygen atoms in total. The molecule has 0 radical (unpaired) electrons. The first-order valence-electron chi connectivity index (χ1n) is 7.42. The number of carbonyl (C=O) groups is 1. The van der Waals surface area contributed by atoms with E-state index in [2.05, 4.69) is 6.92 Å².